The van der Waals surface area contributed by atoms with Crippen LogP contribution in [0.15, 0.2) is 41.4 Å². The summed E-state index contributed by atoms with van der Waals surface area (Å²) in [4.78, 5) is 4.37. The van der Waals surface area contributed by atoms with E-state index in [1.54, 1.807) is 25.1 Å². The minimum absolute atomic E-state index is 0.0359. The highest BCUT2D eigenvalue weighted by Gasteiger charge is 2.15. The van der Waals surface area contributed by atoms with Gasteiger partial charge in [-0.3, -0.25) is 0 Å². The van der Waals surface area contributed by atoms with E-state index < -0.39 is 12.4 Å². The zero-order valence-corrected chi connectivity index (χ0v) is 16.7. The number of guanidine groups is 1. The Morgan fingerprint density at radius 1 is 1.17 bits per heavy atom. The van der Waals surface area contributed by atoms with Gasteiger partial charge in [0.25, 0.3) is 0 Å². The van der Waals surface area contributed by atoms with Gasteiger partial charge >= 0.3 is 6.61 Å². The molecule has 2 aromatic carbocycles. The zero-order chi connectivity index (χ0) is 21.9. The van der Waals surface area contributed by atoms with Crippen molar-refractivity contribution in [3.63, 3.8) is 0 Å². The number of nitrogens with zero attached hydrogens (tertiary/aromatic N) is 2. The van der Waals surface area contributed by atoms with Crippen LogP contribution in [0.2, 0.25) is 0 Å². The molecule has 2 rings (SSSR count). The van der Waals surface area contributed by atoms with Crippen molar-refractivity contribution in [2.24, 2.45) is 4.99 Å². The van der Waals surface area contributed by atoms with Gasteiger partial charge in [-0.15, -0.1) is 0 Å². The third-order valence-corrected chi connectivity index (χ3v) is 3.95. The molecule has 0 saturated heterocycles. The Morgan fingerprint density at radius 2 is 1.97 bits per heavy atom. The van der Waals surface area contributed by atoms with Gasteiger partial charge in [0.05, 0.1) is 24.8 Å². The number of ether oxygens (including phenoxy) is 2. The van der Waals surface area contributed by atoms with Crippen molar-refractivity contribution in [2.75, 3.05) is 13.2 Å². The molecule has 160 valence electrons. The molecule has 0 spiro atoms. The van der Waals surface area contributed by atoms with Gasteiger partial charge < -0.3 is 20.1 Å². The second kappa shape index (κ2) is 11.6. The molecular formula is C21H23F3N4O2. The fourth-order valence-electron chi connectivity index (χ4n) is 2.62. The molecular weight excluding hydrogens is 397 g/mol. The molecule has 0 aliphatic rings. The molecule has 0 radical (unpaired) electrons. The molecule has 0 bridgehead atoms. The monoisotopic (exact) mass is 420 g/mol. The van der Waals surface area contributed by atoms with Gasteiger partial charge in [-0.05, 0) is 32.0 Å². The first-order valence-electron chi connectivity index (χ1n) is 9.38. The molecule has 9 heteroatoms. The number of hydrogen-bond donors (Lipinski definition) is 2. The van der Waals surface area contributed by atoms with Gasteiger partial charge in [0.1, 0.15) is 5.82 Å². The number of alkyl halides is 2. The fourth-order valence-corrected chi connectivity index (χ4v) is 2.62. The molecule has 0 fully saturated rings. The molecule has 2 N–H and O–H groups in total. The number of halogens is 3. The van der Waals surface area contributed by atoms with Gasteiger partial charge in [-0.1, -0.05) is 18.2 Å². The topological polar surface area (TPSA) is 78.7 Å². The van der Waals surface area contributed by atoms with E-state index in [9.17, 15) is 13.2 Å². The largest absolute Gasteiger partial charge is 0.490 e. The average Bonchev–Trinajstić information content (AvgIpc) is 2.72. The van der Waals surface area contributed by atoms with Crippen molar-refractivity contribution in [1.82, 2.24) is 10.6 Å². The molecule has 0 unspecified atom stereocenters. The van der Waals surface area contributed by atoms with E-state index in [0.29, 0.717) is 30.2 Å². The van der Waals surface area contributed by atoms with Crippen molar-refractivity contribution in [1.29, 1.82) is 5.26 Å². The van der Waals surface area contributed by atoms with Crippen LogP contribution in [0.25, 0.3) is 0 Å². The number of benzene rings is 2. The highest BCUT2D eigenvalue weighted by molar-refractivity contribution is 5.79. The summed E-state index contributed by atoms with van der Waals surface area (Å²) in [7, 11) is 0. The van der Waals surface area contributed by atoms with Gasteiger partial charge in [0, 0.05) is 24.2 Å². The second-order valence-corrected chi connectivity index (χ2v) is 6.02. The van der Waals surface area contributed by atoms with Gasteiger partial charge in [-0.2, -0.15) is 14.0 Å². The van der Waals surface area contributed by atoms with Crippen LogP contribution in [0.3, 0.4) is 0 Å². The highest BCUT2D eigenvalue weighted by Crippen LogP contribution is 2.33. The molecule has 0 aliphatic heterocycles. The van der Waals surface area contributed by atoms with Crippen LogP contribution in [-0.4, -0.2) is 25.7 Å². The minimum Gasteiger partial charge on any atom is -0.490 e. The second-order valence-electron chi connectivity index (χ2n) is 6.02. The van der Waals surface area contributed by atoms with Crippen LogP contribution in [0.1, 0.15) is 30.5 Å². The average molecular weight is 420 g/mol. The smallest absolute Gasteiger partial charge is 0.387 e. The standard InChI is InChI=1S/C21H23F3N4O2/c1-3-26-21(27-12-15-9-8-14(11-25)10-17(15)22)28-13-16-6-5-7-18(29-4-2)19(16)30-20(23)24/h5-10,20H,3-4,12-13H2,1-2H3,(H2,26,27,28). The molecule has 0 aromatic heterocycles. The number of aliphatic imine (C=N–C) groups is 1. The van der Waals surface area contributed by atoms with E-state index >= 15 is 0 Å². The lowest BCUT2D eigenvalue weighted by Gasteiger charge is -2.15. The highest BCUT2D eigenvalue weighted by atomic mass is 19.3. The molecule has 6 nitrogen and oxygen atoms in total. The Bertz CT molecular complexity index is 914. The summed E-state index contributed by atoms with van der Waals surface area (Å²) in [6.07, 6.45) is 0. The molecule has 0 aliphatic carbocycles. The SMILES string of the molecule is CCNC(=NCc1cccc(OCC)c1OC(F)F)NCc1ccc(C#N)cc1F. The summed E-state index contributed by atoms with van der Waals surface area (Å²) in [5.74, 6) is 0.00991. The van der Waals surface area contributed by atoms with Crippen LogP contribution in [-0.2, 0) is 13.1 Å². The number of nitrogens with one attached hydrogen (secondary N) is 2. The summed E-state index contributed by atoms with van der Waals surface area (Å²) in [6.45, 7) is 1.61. The Labute approximate surface area is 173 Å². The van der Waals surface area contributed by atoms with Crippen molar-refractivity contribution in [2.45, 2.75) is 33.5 Å². The van der Waals surface area contributed by atoms with Crippen molar-refractivity contribution in [3.05, 3.63) is 58.9 Å². The van der Waals surface area contributed by atoms with Crippen LogP contribution >= 0.6 is 0 Å². The van der Waals surface area contributed by atoms with Crippen molar-refractivity contribution < 1.29 is 22.6 Å². The van der Waals surface area contributed by atoms with Crippen LogP contribution in [0, 0.1) is 17.1 Å². The van der Waals surface area contributed by atoms with Crippen LogP contribution in [0.5, 0.6) is 11.5 Å². The van der Waals surface area contributed by atoms with Gasteiger partial charge in [0.2, 0.25) is 0 Å². The normalized spacial score (nSPS) is 11.2. The molecule has 0 saturated carbocycles. The molecule has 0 heterocycles. The molecule has 2 aromatic rings. The predicted octanol–water partition coefficient (Wildman–Crippen LogP) is 3.95. The Balaban J connectivity index is 2.18. The first-order chi connectivity index (χ1) is 14.5. The maximum absolute atomic E-state index is 14.1. The first-order valence-corrected chi connectivity index (χ1v) is 9.38. The fraction of sp³-hybridized carbons (Fsp3) is 0.333. The third kappa shape index (κ3) is 6.58. The summed E-state index contributed by atoms with van der Waals surface area (Å²) in [5, 5.41) is 14.8. The summed E-state index contributed by atoms with van der Waals surface area (Å²) < 4.78 is 49.8. The van der Waals surface area contributed by atoms with E-state index in [2.05, 4.69) is 20.4 Å². The number of hydrogen-bond acceptors (Lipinski definition) is 4. The van der Waals surface area contributed by atoms with E-state index in [4.69, 9.17) is 10.00 Å². The van der Waals surface area contributed by atoms with E-state index in [0.717, 1.165) is 6.07 Å². The Hall–Kier alpha value is -3.41. The van der Waals surface area contributed by atoms with E-state index in [1.165, 1.54) is 12.1 Å². The lowest BCUT2D eigenvalue weighted by atomic mass is 10.1. The number of rotatable bonds is 9. The van der Waals surface area contributed by atoms with E-state index in [-0.39, 0.29) is 30.2 Å². The lowest BCUT2D eigenvalue weighted by Crippen LogP contribution is -2.37. The van der Waals surface area contributed by atoms with Crippen molar-refractivity contribution >= 4 is 5.96 Å². The molecule has 30 heavy (non-hydrogen) atoms. The number of para-hydroxylation sites is 1. The molecule has 0 amide bonds. The van der Waals surface area contributed by atoms with Gasteiger partial charge in [-0.25, -0.2) is 9.38 Å². The first kappa shape index (κ1) is 22.9. The maximum atomic E-state index is 14.1. The lowest BCUT2D eigenvalue weighted by molar-refractivity contribution is -0.0520. The van der Waals surface area contributed by atoms with Crippen LogP contribution < -0.4 is 20.1 Å². The molecule has 0 atom stereocenters. The van der Waals surface area contributed by atoms with E-state index in [1.807, 2.05) is 13.0 Å². The maximum Gasteiger partial charge on any atom is 0.387 e. The summed E-state index contributed by atoms with van der Waals surface area (Å²) in [6, 6.07) is 10.9. The Kier molecular flexibility index (Phi) is 8.81. The third-order valence-electron chi connectivity index (χ3n) is 3.95. The quantitative estimate of drug-likeness (QED) is 0.474. The minimum atomic E-state index is -3.00. The van der Waals surface area contributed by atoms with Gasteiger partial charge in [0.15, 0.2) is 17.5 Å². The van der Waals surface area contributed by atoms with Crippen molar-refractivity contribution in [3.8, 4) is 17.6 Å². The zero-order valence-electron chi connectivity index (χ0n) is 16.7. The van der Waals surface area contributed by atoms with Crippen LogP contribution in [0.4, 0.5) is 13.2 Å². The number of nitriles is 1. The Morgan fingerprint density at radius 3 is 2.60 bits per heavy atom. The summed E-state index contributed by atoms with van der Waals surface area (Å²) in [5.41, 5.74) is 1.01. The summed E-state index contributed by atoms with van der Waals surface area (Å²) >= 11 is 0. The predicted molar refractivity (Wildman–Crippen MR) is 107 cm³/mol.